The van der Waals surface area contributed by atoms with Gasteiger partial charge in [-0.2, -0.15) is 9.78 Å². The minimum Gasteiger partial charge on any atom is -0.479 e. The predicted molar refractivity (Wildman–Crippen MR) is 140 cm³/mol. The van der Waals surface area contributed by atoms with E-state index in [1.807, 2.05) is 18.2 Å². The van der Waals surface area contributed by atoms with Gasteiger partial charge in [-0.1, -0.05) is 41.9 Å². The monoisotopic (exact) mass is 532 g/mol. The number of aliphatic carboxylic acids is 1. The van der Waals surface area contributed by atoms with E-state index in [0.29, 0.717) is 22.2 Å². The molecule has 0 amide bonds. The Kier molecular flexibility index (Phi) is 6.35. The van der Waals surface area contributed by atoms with Gasteiger partial charge < -0.3 is 14.3 Å². The van der Waals surface area contributed by atoms with Crippen LogP contribution in [0, 0.1) is 10.1 Å². The molecule has 0 radical (unpaired) electrons. The number of halogens is 1. The van der Waals surface area contributed by atoms with E-state index >= 15 is 0 Å². The number of nitro benzene ring substituents is 1. The molecule has 0 unspecified atom stereocenters. The summed E-state index contributed by atoms with van der Waals surface area (Å²) in [7, 11) is 0. The zero-order valence-corrected chi connectivity index (χ0v) is 20.3. The van der Waals surface area contributed by atoms with Crippen LogP contribution >= 0.6 is 11.6 Å². The van der Waals surface area contributed by atoms with Crippen molar-refractivity contribution in [3.8, 4) is 17.3 Å². The number of benzene rings is 3. The Morgan fingerprint density at radius 1 is 1.21 bits per heavy atom. The second-order valence-corrected chi connectivity index (χ2v) is 8.58. The number of ether oxygens (including phenoxy) is 1. The molecule has 0 saturated heterocycles. The molecule has 190 valence electrons. The number of carboxylic acid groups (broad SMARTS) is 1. The van der Waals surface area contributed by atoms with Gasteiger partial charge in [-0.05, 0) is 37.3 Å². The Morgan fingerprint density at radius 3 is 2.68 bits per heavy atom. The van der Waals surface area contributed by atoms with Crippen LogP contribution in [0.15, 0.2) is 81.0 Å². The summed E-state index contributed by atoms with van der Waals surface area (Å²) in [5, 5.41) is 25.9. The van der Waals surface area contributed by atoms with Crippen molar-refractivity contribution in [2.45, 2.75) is 13.0 Å². The fourth-order valence-corrected chi connectivity index (χ4v) is 4.03. The van der Waals surface area contributed by atoms with E-state index < -0.39 is 34.0 Å². The van der Waals surface area contributed by atoms with Crippen molar-refractivity contribution < 1.29 is 24.0 Å². The first-order valence-electron chi connectivity index (χ1n) is 11.2. The van der Waals surface area contributed by atoms with Crippen LogP contribution in [0.2, 0.25) is 5.02 Å². The molecule has 0 fully saturated rings. The number of carbonyl (C=O) groups is 1. The number of para-hydroxylation sites is 2. The van der Waals surface area contributed by atoms with E-state index in [1.165, 1.54) is 19.2 Å². The van der Waals surface area contributed by atoms with E-state index in [9.17, 15) is 19.7 Å². The van der Waals surface area contributed by atoms with E-state index in [2.05, 4.69) is 10.1 Å². The molecular formula is C26H17ClN4O7. The summed E-state index contributed by atoms with van der Waals surface area (Å²) in [6.07, 6.45) is -0.174. The normalized spacial score (nSPS) is 12.3. The number of rotatable bonds is 7. The summed E-state index contributed by atoms with van der Waals surface area (Å²) in [5.41, 5.74) is 0.139. The van der Waals surface area contributed by atoms with Crippen molar-refractivity contribution in [3.05, 3.63) is 97.8 Å². The summed E-state index contributed by atoms with van der Waals surface area (Å²) in [6.45, 7) is 1.22. The Morgan fingerprint density at radius 2 is 1.95 bits per heavy atom. The van der Waals surface area contributed by atoms with Crippen LogP contribution < -0.4 is 10.3 Å². The van der Waals surface area contributed by atoms with Gasteiger partial charge in [-0.25, -0.2) is 9.78 Å². The largest absolute Gasteiger partial charge is 0.479 e. The average molecular weight is 533 g/mol. The number of hydrogen-bond donors (Lipinski definition) is 1. The third kappa shape index (κ3) is 4.58. The highest BCUT2D eigenvalue weighted by Crippen LogP contribution is 2.36. The third-order valence-electron chi connectivity index (χ3n) is 5.61. The summed E-state index contributed by atoms with van der Waals surface area (Å²) < 4.78 is 12.2. The van der Waals surface area contributed by atoms with E-state index in [-0.39, 0.29) is 16.4 Å². The molecular weight excluding hydrogens is 516 g/mol. The van der Waals surface area contributed by atoms with Crippen LogP contribution in [-0.2, 0) is 4.79 Å². The summed E-state index contributed by atoms with van der Waals surface area (Å²) in [6, 6.07) is 18.2. The van der Waals surface area contributed by atoms with Crippen LogP contribution in [0.25, 0.3) is 33.5 Å². The van der Waals surface area contributed by atoms with Gasteiger partial charge in [0.1, 0.15) is 5.58 Å². The molecule has 0 saturated carbocycles. The molecule has 0 bridgehead atoms. The Balaban J connectivity index is 1.65. The fraction of sp³-hybridized carbons (Fsp3) is 0.0769. The first kappa shape index (κ1) is 24.7. The van der Waals surface area contributed by atoms with Gasteiger partial charge in [0.25, 0.3) is 5.56 Å². The lowest BCUT2D eigenvalue weighted by atomic mass is 10.2. The van der Waals surface area contributed by atoms with Crippen LogP contribution in [0.1, 0.15) is 12.5 Å². The molecule has 0 aliphatic carbocycles. The Labute approximate surface area is 218 Å². The van der Waals surface area contributed by atoms with Crippen molar-refractivity contribution in [3.63, 3.8) is 0 Å². The van der Waals surface area contributed by atoms with Gasteiger partial charge in [-0.15, -0.1) is 0 Å². The average Bonchev–Trinajstić information content (AvgIpc) is 3.33. The molecule has 3 aromatic carbocycles. The molecule has 1 atom stereocenters. The maximum absolute atomic E-state index is 13.4. The molecule has 1 N–H and O–H groups in total. The molecule has 11 nitrogen and oxygen atoms in total. The number of carboxylic acids is 1. The van der Waals surface area contributed by atoms with Gasteiger partial charge in [-0.3, -0.25) is 14.9 Å². The standard InChI is InChI=1S/C26H17ClN4O7/c1-14(26(33)34)37-23-18(27)10-15(11-20(23)31(35)36)13-28-30-24(22-12-16-6-2-5-9-21(16)38-22)29-19-8-4-3-7-17(19)25(30)32/h2-14H,1H3,(H,33,34)/t14-/m0/s1. The molecule has 0 spiro atoms. The van der Waals surface area contributed by atoms with E-state index in [4.69, 9.17) is 25.9 Å². The van der Waals surface area contributed by atoms with Crippen molar-refractivity contribution >= 4 is 51.3 Å². The zero-order chi connectivity index (χ0) is 27.0. The SMILES string of the molecule is C[C@H](Oc1c(Cl)cc(C=Nn2c(-c3cc4ccccc4o3)nc3ccccc3c2=O)cc1[N+](=O)[O-])C(=O)O. The maximum atomic E-state index is 13.4. The van der Waals surface area contributed by atoms with Crippen LogP contribution in [0.4, 0.5) is 5.69 Å². The van der Waals surface area contributed by atoms with Gasteiger partial charge >= 0.3 is 11.7 Å². The van der Waals surface area contributed by atoms with Crippen LogP contribution in [0.5, 0.6) is 5.75 Å². The number of furan rings is 1. The van der Waals surface area contributed by atoms with E-state index in [1.54, 1.807) is 36.4 Å². The molecule has 5 aromatic rings. The smallest absolute Gasteiger partial charge is 0.344 e. The lowest BCUT2D eigenvalue weighted by Crippen LogP contribution is -2.23. The zero-order valence-electron chi connectivity index (χ0n) is 19.6. The topological polar surface area (TPSA) is 150 Å². The molecule has 0 aliphatic rings. The minimum absolute atomic E-state index is 0.122. The first-order valence-corrected chi connectivity index (χ1v) is 11.5. The van der Waals surface area contributed by atoms with Crippen molar-refractivity contribution in [1.82, 2.24) is 9.66 Å². The quantitative estimate of drug-likeness (QED) is 0.173. The number of nitrogens with zero attached hydrogens (tertiary/aromatic N) is 4. The molecule has 12 heteroatoms. The highest BCUT2D eigenvalue weighted by molar-refractivity contribution is 6.32. The highest BCUT2D eigenvalue weighted by atomic mass is 35.5. The molecule has 5 rings (SSSR count). The minimum atomic E-state index is -1.38. The number of fused-ring (bicyclic) bond motifs is 2. The summed E-state index contributed by atoms with van der Waals surface area (Å²) in [4.78, 5) is 40.1. The van der Waals surface area contributed by atoms with Crippen molar-refractivity contribution in [2.75, 3.05) is 0 Å². The third-order valence-corrected chi connectivity index (χ3v) is 5.89. The number of hydrogen-bond acceptors (Lipinski definition) is 8. The number of nitro groups is 1. The Bertz CT molecular complexity index is 1790. The van der Waals surface area contributed by atoms with Crippen molar-refractivity contribution in [2.24, 2.45) is 5.10 Å². The second-order valence-electron chi connectivity index (χ2n) is 8.17. The fourth-order valence-electron chi connectivity index (χ4n) is 3.76. The Hall–Kier alpha value is -5.03. The molecule has 38 heavy (non-hydrogen) atoms. The summed E-state index contributed by atoms with van der Waals surface area (Å²) in [5.74, 6) is -1.29. The van der Waals surface area contributed by atoms with Gasteiger partial charge in [0.2, 0.25) is 11.6 Å². The van der Waals surface area contributed by atoms with Crippen LogP contribution in [0.3, 0.4) is 0 Å². The highest BCUT2D eigenvalue weighted by Gasteiger charge is 2.25. The lowest BCUT2D eigenvalue weighted by Gasteiger charge is -2.12. The molecule has 0 aliphatic heterocycles. The van der Waals surface area contributed by atoms with Gasteiger partial charge in [0.15, 0.2) is 11.9 Å². The van der Waals surface area contributed by atoms with Crippen LogP contribution in [-0.4, -0.2) is 38.0 Å². The van der Waals surface area contributed by atoms with E-state index in [0.717, 1.165) is 16.1 Å². The predicted octanol–water partition coefficient (Wildman–Crippen LogP) is 5.11. The maximum Gasteiger partial charge on any atom is 0.344 e. The van der Waals surface area contributed by atoms with Crippen molar-refractivity contribution in [1.29, 1.82) is 0 Å². The summed E-state index contributed by atoms with van der Waals surface area (Å²) >= 11 is 6.21. The van der Waals surface area contributed by atoms with Gasteiger partial charge in [0, 0.05) is 17.0 Å². The molecule has 2 heterocycles. The van der Waals surface area contributed by atoms with Gasteiger partial charge in [0.05, 0.1) is 27.1 Å². The first-order chi connectivity index (χ1) is 18.2. The molecule has 2 aromatic heterocycles. The second kappa shape index (κ2) is 9.79. The number of aromatic nitrogens is 2. The lowest BCUT2D eigenvalue weighted by molar-refractivity contribution is -0.386.